The zero-order valence-corrected chi connectivity index (χ0v) is 11.4. The average Bonchev–Trinajstić information content (AvgIpc) is 2.75. The number of nitrogen functional groups attached to an aromatic ring is 1. The molecule has 0 saturated heterocycles. The van der Waals surface area contributed by atoms with Crippen LogP contribution in [0.1, 0.15) is 16.1 Å². The molecule has 1 amide bonds. The molecule has 1 heterocycles. The fourth-order valence-corrected chi connectivity index (χ4v) is 1.75. The zero-order chi connectivity index (χ0) is 13.0. The minimum Gasteiger partial charge on any atom is -0.449 e. The highest BCUT2D eigenvalue weighted by molar-refractivity contribution is 14.1. The number of carbonyl (C=O) groups excluding carboxylic acids is 1. The SMILES string of the molecule is Nc1ccccc1C(=O)N/N=C\c1ccc(I)o1. The predicted octanol–water partition coefficient (Wildman–Crippen LogP) is 2.23. The fraction of sp³-hybridized carbons (Fsp3) is 0. The molecule has 0 fully saturated rings. The molecular formula is C12H10IN3O2. The summed E-state index contributed by atoms with van der Waals surface area (Å²) in [4.78, 5) is 11.7. The summed E-state index contributed by atoms with van der Waals surface area (Å²) in [5.74, 6) is 0.214. The third-order valence-corrected chi connectivity index (χ3v) is 2.74. The molecule has 5 nitrogen and oxygen atoms in total. The summed E-state index contributed by atoms with van der Waals surface area (Å²) in [6.45, 7) is 0. The van der Waals surface area contributed by atoms with Crippen molar-refractivity contribution in [1.82, 2.24) is 5.43 Å². The van der Waals surface area contributed by atoms with E-state index in [-0.39, 0.29) is 5.91 Å². The van der Waals surface area contributed by atoms with Crippen LogP contribution in [0.2, 0.25) is 0 Å². The van der Waals surface area contributed by atoms with Crippen molar-refractivity contribution in [3.63, 3.8) is 0 Å². The zero-order valence-electron chi connectivity index (χ0n) is 9.26. The maximum atomic E-state index is 11.7. The van der Waals surface area contributed by atoms with Gasteiger partial charge in [-0.25, -0.2) is 5.43 Å². The van der Waals surface area contributed by atoms with E-state index in [1.54, 1.807) is 36.4 Å². The second-order valence-corrected chi connectivity index (χ2v) is 4.49. The van der Waals surface area contributed by atoms with Gasteiger partial charge in [0.25, 0.3) is 5.91 Å². The van der Waals surface area contributed by atoms with Crippen molar-refractivity contribution in [2.45, 2.75) is 0 Å². The smallest absolute Gasteiger partial charge is 0.273 e. The second-order valence-electron chi connectivity index (χ2n) is 3.43. The number of hydrogen-bond acceptors (Lipinski definition) is 4. The molecule has 0 aliphatic rings. The van der Waals surface area contributed by atoms with Gasteiger partial charge in [0.1, 0.15) is 5.76 Å². The Morgan fingerprint density at radius 1 is 1.33 bits per heavy atom. The number of anilines is 1. The summed E-state index contributed by atoms with van der Waals surface area (Å²) in [7, 11) is 0. The normalized spacial score (nSPS) is 10.7. The molecule has 1 aromatic heterocycles. The second kappa shape index (κ2) is 5.67. The molecule has 0 aliphatic carbocycles. The summed E-state index contributed by atoms with van der Waals surface area (Å²) in [6, 6.07) is 10.4. The highest BCUT2D eigenvalue weighted by atomic mass is 127. The Bertz CT molecular complexity index is 593. The minimum atomic E-state index is -0.356. The first-order valence-corrected chi connectivity index (χ1v) is 6.18. The van der Waals surface area contributed by atoms with Gasteiger partial charge < -0.3 is 10.2 Å². The fourth-order valence-electron chi connectivity index (χ4n) is 1.32. The largest absolute Gasteiger partial charge is 0.449 e. The van der Waals surface area contributed by atoms with Gasteiger partial charge in [0.05, 0.1) is 11.8 Å². The van der Waals surface area contributed by atoms with Gasteiger partial charge >= 0.3 is 0 Å². The summed E-state index contributed by atoms with van der Waals surface area (Å²) >= 11 is 2.05. The number of halogens is 1. The van der Waals surface area contributed by atoms with Crippen LogP contribution in [0.15, 0.2) is 45.9 Å². The van der Waals surface area contributed by atoms with Gasteiger partial charge in [0.2, 0.25) is 0 Å². The van der Waals surface area contributed by atoms with Crippen LogP contribution in [0, 0.1) is 3.77 Å². The number of hydrogen-bond donors (Lipinski definition) is 2. The molecular weight excluding hydrogens is 345 g/mol. The Morgan fingerprint density at radius 2 is 2.11 bits per heavy atom. The van der Waals surface area contributed by atoms with Crippen LogP contribution in [0.25, 0.3) is 0 Å². The molecule has 18 heavy (non-hydrogen) atoms. The first-order valence-electron chi connectivity index (χ1n) is 5.10. The van der Waals surface area contributed by atoms with E-state index < -0.39 is 0 Å². The van der Waals surface area contributed by atoms with Crippen LogP contribution >= 0.6 is 22.6 Å². The number of furan rings is 1. The van der Waals surface area contributed by atoms with Gasteiger partial charge in [0, 0.05) is 5.69 Å². The lowest BCUT2D eigenvalue weighted by Crippen LogP contribution is -2.18. The van der Waals surface area contributed by atoms with Crippen molar-refractivity contribution in [3.05, 3.63) is 51.5 Å². The van der Waals surface area contributed by atoms with Crippen LogP contribution < -0.4 is 11.2 Å². The van der Waals surface area contributed by atoms with E-state index >= 15 is 0 Å². The van der Waals surface area contributed by atoms with Crippen LogP contribution in [0.3, 0.4) is 0 Å². The minimum absolute atomic E-state index is 0.356. The highest BCUT2D eigenvalue weighted by Crippen LogP contribution is 2.10. The highest BCUT2D eigenvalue weighted by Gasteiger charge is 2.06. The number of rotatable bonds is 3. The number of hydrazone groups is 1. The molecule has 0 radical (unpaired) electrons. The molecule has 2 rings (SSSR count). The Labute approximate surface area is 117 Å². The number of benzene rings is 1. The van der Waals surface area contributed by atoms with Crippen molar-refractivity contribution >= 4 is 40.4 Å². The number of nitrogens with zero attached hydrogens (tertiary/aromatic N) is 1. The van der Waals surface area contributed by atoms with E-state index in [4.69, 9.17) is 10.2 Å². The van der Waals surface area contributed by atoms with Crippen molar-refractivity contribution in [2.24, 2.45) is 5.10 Å². The van der Waals surface area contributed by atoms with E-state index in [0.717, 1.165) is 3.77 Å². The summed E-state index contributed by atoms with van der Waals surface area (Å²) in [5, 5.41) is 3.80. The molecule has 0 saturated carbocycles. The number of amides is 1. The Hall–Kier alpha value is -1.83. The molecule has 0 aliphatic heterocycles. The summed E-state index contributed by atoms with van der Waals surface area (Å²) in [6.07, 6.45) is 1.43. The van der Waals surface area contributed by atoms with E-state index in [1.807, 2.05) is 22.6 Å². The third kappa shape index (κ3) is 3.10. The molecule has 2 aromatic rings. The van der Waals surface area contributed by atoms with E-state index in [0.29, 0.717) is 17.0 Å². The molecule has 0 atom stereocenters. The monoisotopic (exact) mass is 355 g/mol. The maximum Gasteiger partial charge on any atom is 0.273 e. The number of para-hydroxylation sites is 1. The first-order chi connectivity index (χ1) is 8.66. The lowest BCUT2D eigenvalue weighted by atomic mass is 10.2. The molecule has 1 aromatic carbocycles. The van der Waals surface area contributed by atoms with Gasteiger partial charge in [-0.3, -0.25) is 4.79 Å². The Morgan fingerprint density at radius 3 is 2.78 bits per heavy atom. The Kier molecular flexibility index (Phi) is 3.98. The lowest BCUT2D eigenvalue weighted by molar-refractivity contribution is 0.0956. The van der Waals surface area contributed by atoms with Crippen LogP contribution in [0.4, 0.5) is 5.69 Å². The van der Waals surface area contributed by atoms with Crippen molar-refractivity contribution in [2.75, 3.05) is 5.73 Å². The van der Waals surface area contributed by atoms with Gasteiger partial charge in [-0.2, -0.15) is 5.10 Å². The molecule has 6 heteroatoms. The van der Waals surface area contributed by atoms with Crippen LogP contribution in [0.5, 0.6) is 0 Å². The Balaban J connectivity index is 2.01. The molecule has 92 valence electrons. The first kappa shape index (κ1) is 12.6. The van der Waals surface area contributed by atoms with Crippen molar-refractivity contribution in [1.29, 1.82) is 0 Å². The van der Waals surface area contributed by atoms with Gasteiger partial charge in [0.15, 0.2) is 3.77 Å². The molecule has 0 unspecified atom stereocenters. The van der Waals surface area contributed by atoms with Gasteiger partial charge in [-0.15, -0.1) is 0 Å². The van der Waals surface area contributed by atoms with Crippen molar-refractivity contribution in [3.8, 4) is 0 Å². The van der Waals surface area contributed by atoms with Crippen molar-refractivity contribution < 1.29 is 9.21 Å². The molecule has 0 spiro atoms. The topological polar surface area (TPSA) is 80.6 Å². The van der Waals surface area contributed by atoms with Gasteiger partial charge in [-0.05, 0) is 46.9 Å². The lowest BCUT2D eigenvalue weighted by Gasteiger charge is -2.02. The quantitative estimate of drug-likeness (QED) is 0.384. The number of carbonyl (C=O) groups is 1. The third-order valence-electron chi connectivity index (χ3n) is 2.16. The van der Waals surface area contributed by atoms with Crippen LogP contribution in [-0.4, -0.2) is 12.1 Å². The maximum absolute atomic E-state index is 11.7. The predicted molar refractivity (Wildman–Crippen MR) is 77.3 cm³/mol. The van der Waals surface area contributed by atoms with Crippen LogP contribution in [-0.2, 0) is 0 Å². The van der Waals surface area contributed by atoms with E-state index in [1.165, 1.54) is 6.21 Å². The van der Waals surface area contributed by atoms with Gasteiger partial charge in [-0.1, -0.05) is 12.1 Å². The number of nitrogens with two attached hydrogens (primary N) is 1. The van der Waals surface area contributed by atoms with E-state index in [2.05, 4.69) is 10.5 Å². The molecule has 3 N–H and O–H groups in total. The summed E-state index contributed by atoms with van der Waals surface area (Å²) in [5.41, 5.74) is 8.87. The average molecular weight is 355 g/mol. The summed E-state index contributed by atoms with van der Waals surface area (Å²) < 4.78 is 6.01. The molecule has 0 bridgehead atoms. The standard InChI is InChI=1S/C12H10IN3O2/c13-11-6-5-8(18-11)7-15-16-12(17)9-3-1-2-4-10(9)14/h1-7H,14H2,(H,16,17)/b15-7-. The van der Waals surface area contributed by atoms with E-state index in [9.17, 15) is 4.79 Å². The number of nitrogens with one attached hydrogen (secondary N) is 1.